The van der Waals surface area contributed by atoms with Gasteiger partial charge in [-0.25, -0.2) is 0 Å². The molecule has 0 aromatic heterocycles. The van der Waals surface area contributed by atoms with Crippen molar-refractivity contribution in [1.82, 2.24) is 4.90 Å². The first-order chi connectivity index (χ1) is 9.77. The third-order valence-corrected chi connectivity index (χ3v) is 6.89. The SMILES string of the molecule is [B]C1CCCC2C(=S)N(C(C)C)CCC2C(C)(C(C)C)C1. The number of thiocarbonyl (C=S) groups is 1. The Morgan fingerprint density at radius 3 is 2.43 bits per heavy atom. The van der Waals surface area contributed by atoms with E-state index in [9.17, 15) is 0 Å². The first kappa shape index (κ1) is 17.3. The van der Waals surface area contributed by atoms with Crippen molar-refractivity contribution in [3.05, 3.63) is 0 Å². The Balaban J connectivity index is 2.30. The Morgan fingerprint density at radius 1 is 1.19 bits per heavy atom. The van der Waals surface area contributed by atoms with Crippen molar-refractivity contribution < 1.29 is 0 Å². The molecule has 0 N–H and O–H groups in total. The zero-order valence-electron chi connectivity index (χ0n) is 14.6. The molecule has 2 rings (SSSR count). The van der Waals surface area contributed by atoms with Gasteiger partial charge in [-0.2, -0.15) is 0 Å². The summed E-state index contributed by atoms with van der Waals surface area (Å²) >= 11 is 5.92. The number of likely N-dealkylation sites (tertiary alicyclic amines) is 1. The standard InChI is InChI=1S/C18H32BNS/c1-12(2)18(5)11-14(19)7-6-8-15-16(18)9-10-20(13(3)4)17(15)21/h12-16H,6-11H2,1-5H3. The number of nitrogens with zero attached hydrogens (tertiary/aromatic N) is 1. The van der Waals surface area contributed by atoms with Crippen LogP contribution in [0.2, 0.25) is 5.82 Å². The van der Waals surface area contributed by atoms with E-state index in [0.29, 0.717) is 35.0 Å². The summed E-state index contributed by atoms with van der Waals surface area (Å²) < 4.78 is 0. The molecule has 2 aliphatic rings. The van der Waals surface area contributed by atoms with Crippen molar-refractivity contribution in [2.75, 3.05) is 6.54 Å². The second kappa shape index (κ2) is 6.60. The summed E-state index contributed by atoms with van der Waals surface area (Å²) in [6.07, 6.45) is 6.08. The van der Waals surface area contributed by atoms with E-state index in [1.165, 1.54) is 24.3 Å². The first-order valence-corrected chi connectivity index (χ1v) is 9.24. The van der Waals surface area contributed by atoms with Gasteiger partial charge in [-0.1, -0.05) is 58.1 Å². The summed E-state index contributed by atoms with van der Waals surface area (Å²) in [5.74, 6) is 2.35. The highest BCUT2D eigenvalue weighted by molar-refractivity contribution is 7.80. The van der Waals surface area contributed by atoms with Gasteiger partial charge in [-0.3, -0.25) is 0 Å². The van der Waals surface area contributed by atoms with E-state index in [4.69, 9.17) is 20.1 Å². The Labute approximate surface area is 138 Å². The van der Waals surface area contributed by atoms with E-state index < -0.39 is 0 Å². The Hall–Kier alpha value is -0.0451. The lowest BCUT2D eigenvalue weighted by molar-refractivity contribution is 0.0315. The molecule has 1 aliphatic carbocycles. The zero-order valence-corrected chi connectivity index (χ0v) is 15.4. The number of rotatable bonds is 2. The second-order valence-corrected chi connectivity index (χ2v) is 8.60. The Morgan fingerprint density at radius 2 is 1.86 bits per heavy atom. The van der Waals surface area contributed by atoms with Crippen molar-refractivity contribution in [2.24, 2.45) is 23.2 Å². The zero-order chi connectivity index (χ0) is 15.8. The molecule has 4 unspecified atom stereocenters. The van der Waals surface area contributed by atoms with Crippen molar-refractivity contribution in [3.63, 3.8) is 0 Å². The van der Waals surface area contributed by atoms with E-state index in [2.05, 4.69) is 39.5 Å². The maximum Gasteiger partial charge on any atom is 0.0815 e. The van der Waals surface area contributed by atoms with Crippen LogP contribution in [-0.4, -0.2) is 30.3 Å². The van der Waals surface area contributed by atoms with Crippen LogP contribution in [0.15, 0.2) is 0 Å². The van der Waals surface area contributed by atoms with Crippen LogP contribution in [0.4, 0.5) is 0 Å². The first-order valence-electron chi connectivity index (χ1n) is 8.83. The molecule has 0 amide bonds. The quantitative estimate of drug-likeness (QED) is 0.530. The minimum atomic E-state index is 0.331. The van der Waals surface area contributed by atoms with Crippen LogP contribution >= 0.6 is 12.2 Å². The molecule has 21 heavy (non-hydrogen) atoms. The number of hydrogen-bond donors (Lipinski definition) is 0. The van der Waals surface area contributed by atoms with Gasteiger partial charge in [0, 0.05) is 18.5 Å². The fraction of sp³-hybridized carbons (Fsp3) is 0.944. The third-order valence-electron chi connectivity index (χ3n) is 6.35. The summed E-state index contributed by atoms with van der Waals surface area (Å²) in [5.41, 5.74) is 0.331. The minimum Gasteiger partial charge on any atom is -0.363 e. The van der Waals surface area contributed by atoms with E-state index in [1.54, 1.807) is 0 Å². The molecule has 0 spiro atoms. The molecule has 3 heteroatoms. The minimum absolute atomic E-state index is 0.331. The molecule has 0 aromatic carbocycles. The summed E-state index contributed by atoms with van der Waals surface area (Å²) in [5, 5.41) is 0. The van der Waals surface area contributed by atoms with Gasteiger partial charge in [0.15, 0.2) is 0 Å². The van der Waals surface area contributed by atoms with Crippen molar-refractivity contribution >= 4 is 25.1 Å². The number of piperidine rings is 1. The van der Waals surface area contributed by atoms with Gasteiger partial charge in [0.25, 0.3) is 0 Å². The average Bonchev–Trinajstić information content (AvgIpc) is 2.37. The van der Waals surface area contributed by atoms with E-state index in [1.807, 2.05) is 0 Å². The van der Waals surface area contributed by atoms with Crippen LogP contribution in [0.3, 0.4) is 0 Å². The lowest BCUT2D eigenvalue weighted by Crippen LogP contribution is -2.53. The van der Waals surface area contributed by atoms with Gasteiger partial charge in [0.1, 0.15) is 0 Å². The summed E-state index contributed by atoms with van der Waals surface area (Å²) in [6, 6.07) is 0.538. The molecule has 1 heterocycles. The Kier molecular flexibility index (Phi) is 5.44. The topological polar surface area (TPSA) is 3.24 Å². The lowest BCUT2D eigenvalue weighted by Gasteiger charge is -2.53. The lowest BCUT2D eigenvalue weighted by atomic mass is 9.54. The largest absolute Gasteiger partial charge is 0.363 e. The average molecular weight is 305 g/mol. The molecule has 2 fully saturated rings. The molecule has 118 valence electrons. The Bertz CT molecular complexity index is 381. The van der Waals surface area contributed by atoms with Crippen molar-refractivity contribution in [1.29, 1.82) is 0 Å². The van der Waals surface area contributed by atoms with Gasteiger partial charge in [-0.15, -0.1) is 0 Å². The smallest absolute Gasteiger partial charge is 0.0815 e. The molecule has 1 aliphatic heterocycles. The number of hydrogen-bond acceptors (Lipinski definition) is 1. The second-order valence-electron chi connectivity index (χ2n) is 8.18. The molecule has 0 bridgehead atoms. The van der Waals surface area contributed by atoms with Crippen LogP contribution < -0.4 is 0 Å². The fourth-order valence-corrected chi connectivity index (χ4v) is 5.27. The normalized spacial score (nSPS) is 38.3. The van der Waals surface area contributed by atoms with Crippen LogP contribution in [0.1, 0.15) is 66.7 Å². The summed E-state index contributed by atoms with van der Waals surface area (Å²) in [7, 11) is 6.41. The van der Waals surface area contributed by atoms with Crippen LogP contribution in [-0.2, 0) is 0 Å². The fourth-order valence-electron chi connectivity index (χ4n) is 4.68. The highest BCUT2D eigenvalue weighted by Gasteiger charge is 2.47. The molecule has 4 atom stereocenters. The summed E-state index contributed by atoms with van der Waals surface area (Å²) in [4.78, 5) is 3.71. The maximum absolute atomic E-state index is 6.41. The van der Waals surface area contributed by atoms with E-state index in [-0.39, 0.29) is 0 Å². The van der Waals surface area contributed by atoms with Gasteiger partial charge in [0.2, 0.25) is 0 Å². The highest BCUT2D eigenvalue weighted by Crippen LogP contribution is 2.52. The van der Waals surface area contributed by atoms with Crippen LogP contribution in [0.5, 0.6) is 0 Å². The monoisotopic (exact) mass is 305 g/mol. The highest BCUT2D eigenvalue weighted by atomic mass is 32.1. The predicted molar refractivity (Wildman–Crippen MR) is 97.0 cm³/mol. The van der Waals surface area contributed by atoms with Crippen LogP contribution in [0, 0.1) is 23.2 Å². The molecular formula is C18H32BNS. The predicted octanol–water partition coefficient (Wildman–Crippen LogP) is 4.85. The molecular weight excluding hydrogens is 273 g/mol. The molecule has 1 saturated heterocycles. The van der Waals surface area contributed by atoms with E-state index >= 15 is 0 Å². The van der Waals surface area contributed by atoms with Gasteiger partial charge < -0.3 is 4.90 Å². The van der Waals surface area contributed by atoms with Crippen molar-refractivity contribution in [3.8, 4) is 0 Å². The maximum atomic E-state index is 6.41. The van der Waals surface area contributed by atoms with Gasteiger partial charge in [-0.05, 0) is 43.9 Å². The van der Waals surface area contributed by atoms with E-state index in [0.717, 1.165) is 19.4 Å². The molecule has 2 radical (unpaired) electrons. The van der Waals surface area contributed by atoms with Crippen LogP contribution in [0.25, 0.3) is 0 Å². The molecule has 1 saturated carbocycles. The molecule has 0 aromatic rings. The van der Waals surface area contributed by atoms with Crippen molar-refractivity contribution in [2.45, 2.75) is 78.6 Å². The van der Waals surface area contributed by atoms with Gasteiger partial charge in [0.05, 0.1) is 12.8 Å². The molecule has 1 nitrogen and oxygen atoms in total. The number of fused-ring (bicyclic) bond motifs is 1. The van der Waals surface area contributed by atoms with Gasteiger partial charge >= 0.3 is 0 Å². The summed E-state index contributed by atoms with van der Waals surface area (Å²) in [6.45, 7) is 12.9. The third kappa shape index (κ3) is 3.33.